The molecule has 20 heavy (non-hydrogen) atoms. The summed E-state index contributed by atoms with van der Waals surface area (Å²) in [5, 5.41) is 7.67. The Morgan fingerprint density at radius 3 is 2.70 bits per heavy atom. The van der Waals surface area contributed by atoms with Gasteiger partial charge in [0.15, 0.2) is 5.82 Å². The molecule has 1 aliphatic heterocycles. The summed E-state index contributed by atoms with van der Waals surface area (Å²) in [5.74, 6) is 2.22. The van der Waals surface area contributed by atoms with Crippen molar-refractivity contribution in [3.63, 3.8) is 0 Å². The zero-order valence-corrected chi connectivity index (χ0v) is 12.4. The normalized spacial score (nSPS) is 23.9. The molecule has 1 saturated carbocycles. The van der Waals surface area contributed by atoms with Crippen LogP contribution in [-0.4, -0.2) is 36.9 Å². The van der Waals surface area contributed by atoms with E-state index in [2.05, 4.69) is 10.5 Å². The molecule has 2 fully saturated rings. The van der Waals surface area contributed by atoms with Crippen molar-refractivity contribution in [2.45, 2.75) is 56.3 Å². The lowest BCUT2D eigenvalue weighted by atomic mass is 9.79. The molecule has 0 bridgehead atoms. The van der Waals surface area contributed by atoms with Crippen LogP contribution in [0.5, 0.6) is 0 Å². The highest BCUT2D eigenvalue weighted by Gasteiger charge is 2.40. The van der Waals surface area contributed by atoms with Crippen LogP contribution < -0.4 is 5.32 Å². The van der Waals surface area contributed by atoms with Gasteiger partial charge in [0.25, 0.3) is 0 Å². The molecule has 1 N–H and O–H groups in total. The van der Waals surface area contributed by atoms with Crippen molar-refractivity contribution in [2.75, 3.05) is 26.8 Å². The molecule has 3 rings (SSSR count). The van der Waals surface area contributed by atoms with Crippen molar-refractivity contribution >= 4 is 0 Å². The zero-order chi connectivity index (χ0) is 13.8. The summed E-state index contributed by atoms with van der Waals surface area (Å²) in [7, 11) is 1.75. The zero-order valence-electron chi connectivity index (χ0n) is 12.4. The van der Waals surface area contributed by atoms with Gasteiger partial charge in [0.05, 0.1) is 12.0 Å². The minimum atomic E-state index is -0.0834. The summed E-state index contributed by atoms with van der Waals surface area (Å²) in [6.07, 6.45) is 8.36. The topological polar surface area (TPSA) is 60.2 Å². The molecule has 2 aliphatic rings. The predicted molar refractivity (Wildman–Crippen MR) is 75.8 cm³/mol. The number of nitrogens with one attached hydrogen (secondary N) is 1. The molecule has 1 aromatic rings. The van der Waals surface area contributed by atoms with Gasteiger partial charge < -0.3 is 14.6 Å². The van der Waals surface area contributed by atoms with Crippen LogP contribution in [0.25, 0.3) is 0 Å². The second-order valence-corrected chi connectivity index (χ2v) is 6.26. The fourth-order valence-electron chi connectivity index (χ4n) is 3.58. The van der Waals surface area contributed by atoms with E-state index in [9.17, 15) is 0 Å². The third-order valence-electron chi connectivity index (χ3n) is 4.85. The molecule has 0 amide bonds. The summed E-state index contributed by atoms with van der Waals surface area (Å²) in [5.41, 5.74) is -0.0834. The molecular formula is C15H25N3O2. The molecular weight excluding hydrogens is 254 g/mol. The van der Waals surface area contributed by atoms with Gasteiger partial charge in [-0.1, -0.05) is 24.4 Å². The highest BCUT2D eigenvalue weighted by molar-refractivity contribution is 5.10. The van der Waals surface area contributed by atoms with Crippen LogP contribution in [0.15, 0.2) is 4.52 Å². The Hall–Kier alpha value is -0.940. The van der Waals surface area contributed by atoms with E-state index < -0.39 is 0 Å². The number of ether oxygens (including phenoxy) is 1. The van der Waals surface area contributed by atoms with Gasteiger partial charge in [-0.2, -0.15) is 4.98 Å². The second-order valence-electron chi connectivity index (χ2n) is 6.26. The van der Waals surface area contributed by atoms with Gasteiger partial charge in [0.1, 0.15) is 0 Å². The summed E-state index contributed by atoms with van der Waals surface area (Å²) >= 11 is 0. The Balaban J connectivity index is 1.79. The van der Waals surface area contributed by atoms with E-state index in [0.717, 1.165) is 37.6 Å². The van der Waals surface area contributed by atoms with Gasteiger partial charge in [-0.05, 0) is 38.8 Å². The van der Waals surface area contributed by atoms with Crippen LogP contribution in [0.4, 0.5) is 0 Å². The van der Waals surface area contributed by atoms with E-state index in [-0.39, 0.29) is 5.41 Å². The molecule has 1 aromatic heterocycles. The van der Waals surface area contributed by atoms with Crippen LogP contribution in [-0.2, 0) is 10.2 Å². The molecule has 112 valence electrons. The molecule has 2 heterocycles. The van der Waals surface area contributed by atoms with E-state index >= 15 is 0 Å². The summed E-state index contributed by atoms with van der Waals surface area (Å²) in [6.45, 7) is 2.65. The number of hydrogen-bond acceptors (Lipinski definition) is 5. The van der Waals surface area contributed by atoms with Gasteiger partial charge in [-0.25, -0.2) is 0 Å². The molecule has 0 aromatic carbocycles. The predicted octanol–water partition coefficient (Wildman–Crippen LogP) is 2.38. The highest BCUT2D eigenvalue weighted by atomic mass is 16.5. The van der Waals surface area contributed by atoms with Crippen molar-refractivity contribution in [3.05, 3.63) is 11.7 Å². The second kappa shape index (κ2) is 6.22. The summed E-state index contributed by atoms with van der Waals surface area (Å²) < 4.78 is 11.1. The molecule has 0 unspecified atom stereocenters. The molecule has 5 heteroatoms. The average Bonchev–Trinajstić information content (AvgIpc) is 3.00. The first-order chi connectivity index (χ1) is 9.84. The molecule has 1 aliphatic carbocycles. The van der Waals surface area contributed by atoms with Gasteiger partial charge in [-0.15, -0.1) is 0 Å². The SMILES string of the molecule is COCC1(c2nc(C3CCCCC3)no2)CCNCC1. The van der Waals surface area contributed by atoms with E-state index in [1.165, 1.54) is 32.1 Å². The molecule has 0 atom stereocenters. The lowest BCUT2D eigenvalue weighted by Gasteiger charge is -2.33. The number of hydrogen-bond donors (Lipinski definition) is 1. The van der Waals surface area contributed by atoms with Gasteiger partial charge in [-0.3, -0.25) is 0 Å². The number of piperidine rings is 1. The van der Waals surface area contributed by atoms with Crippen molar-refractivity contribution in [3.8, 4) is 0 Å². The van der Waals surface area contributed by atoms with Crippen LogP contribution >= 0.6 is 0 Å². The van der Waals surface area contributed by atoms with E-state index in [1.807, 2.05) is 0 Å². The fourth-order valence-corrected chi connectivity index (χ4v) is 3.58. The van der Waals surface area contributed by atoms with Crippen molar-refractivity contribution < 1.29 is 9.26 Å². The molecule has 0 spiro atoms. The Morgan fingerprint density at radius 2 is 2.00 bits per heavy atom. The van der Waals surface area contributed by atoms with E-state index in [4.69, 9.17) is 14.2 Å². The molecule has 0 radical (unpaired) electrons. The van der Waals surface area contributed by atoms with Crippen molar-refractivity contribution in [1.29, 1.82) is 0 Å². The van der Waals surface area contributed by atoms with Gasteiger partial charge in [0, 0.05) is 13.0 Å². The summed E-state index contributed by atoms with van der Waals surface area (Å²) in [6, 6.07) is 0. The van der Waals surface area contributed by atoms with E-state index in [0.29, 0.717) is 12.5 Å². The first-order valence-corrected chi connectivity index (χ1v) is 7.88. The Kier molecular flexibility index (Phi) is 4.36. The minimum Gasteiger partial charge on any atom is -0.384 e. The Morgan fingerprint density at radius 1 is 1.25 bits per heavy atom. The third kappa shape index (κ3) is 2.74. The lowest BCUT2D eigenvalue weighted by Crippen LogP contribution is -2.43. The number of nitrogens with zero attached hydrogens (tertiary/aromatic N) is 2. The Bertz CT molecular complexity index is 415. The number of rotatable bonds is 4. The standard InChI is InChI=1S/C15H25N3O2/c1-19-11-15(7-9-16-10-8-15)14-17-13(18-20-14)12-5-3-2-4-6-12/h12,16H,2-11H2,1H3. The van der Waals surface area contributed by atoms with Crippen LogP contribution in [0.2, 0.25) is 0 Å². The molecule has 5 nitrogen and oxygen atoms in total. The van der Waals surface area contributed by atoms with Gasteiger partial charge in [0.2, 0.25) is 5.89 Å². The van der Waals surface area contributed by atoms with Crippen LogP contribution in [0.3, 0.4) is 0 Å². The number of aromatic nitrogens is 2. The smallest absolute Gasteiger partial charge is 0.235 e. The first-order valence-electron chi connectivity index (χ1n) is 7.88. The average molecular weight is 279 g/mol. The Labute approximate surface area is 120 Å². The van der Waals surface area contributed by atoms with Crippen LogP contribution in [0.1, 0.15) is 62.6 Å². The molecule has 1 saturated heterocycles. The van der Waals surface area contributed by atoms with E-state index in [1.54, 1.807) is 7.11 Å². The maximum Gasteiger partial charge on any atom is 0.235 e. The summed E-state index contributed by atoms with van der Waals surface area (Å²) in [4.78, 5) is 4.76. The highest BCUT2D eigenvalue weighted by Crippen LogP contribution is 2.36. The first kappa shape index (κ1) is 14.0. The van der Waals surface area contributed by atoms with Gasteiger partial charge >= 0.3 is 0 Å². The van der Waals surface area contributed by atoms with Crippen molar-refractivity contribution in [1.82, 2.24) is 15.5 Å². The maximum absolute atomic E-state index is 5.64. The third-order valence-corrected chi connectivity index (χ3v) is 4.85. The van der Waals surface area contributed by atoms with Crippen molar-refractivity contribution in [2.24, 2.45) is 0 Å². The number of methoxy groups -OCH3 is 1. The minimum absolute atomic E-state index is 0.0834. The lowest BCUT2D eigenvalue weighted by molar-refractivity contribution is 0.0849. The van der Waals surface area contributed by atoms with Crippen LogP contribution in [0, 0.1) is 0 Å². The fraction of sp³-hybridized carbons (Fsp3) is 0.867. The largest absolute Gasteiger partial charge is 0.384 e. The maximum atomic E-state index is 5.64. The quantitative estimate of drug-likeness (QED) is 0.917. The monoisotopic (exact) mass is 279 g/mol.